The maximum atomic E-state index is 14.1. The minimum absolute atomic E-state index is 0.0296. The number of aliphatic hydroxyl groups excluding tert-OH is 1. The first-order valence-corrected chi connectivity index (χ1v) is 26.4. The predicted molar refractivity (Wildman–Crippen MR) is 260 cm³/mol. The van der Waals surface area contributed by atoms with Gasteiger partial charge in [0.05, 0.1) is 70.8 Å². The number of anilines is 2. The summed E-state index contributed by atoms with van der Waals surface area (Å²) in [6, 6.07) is 13.0. The lowest BCUT2D eigenvalue weighted by Gasteiger charge is -2.31. The van der Waals surface area contributed by atoms with Crippen LogP contribution in [0.2, 0.25) is 0 Å². The molecule has 4 aliphatic rings. The highest BCUT2D eigenvalue weighted by atomic mass is 32.2. The lowest BCUT2D eigenvalue weighted by atomic mass is 9.76. The average molecular weight is 980 g/mol. The van der Waals surface area contributed by atoms with Gasteiger partial charge in [0.1, 0.15) is 11.9 Å². The molecule has 1 aliphatic carbocycles. The number of nitrogens with zero attached hydrogens (tertiary/aromatic N) is 4. The van der Waals surface area contributed by atoms with Crippen LogP contribution in [0.5, 0.6) is 5.75 Å². The van der Waals surface area contributed by atoms with Crippen molar-refractivity contribution in [2.45, 2.75) is 115 Å². The van der Waals surface area contributed by atoms with E-state index in [0.717, 1.165) is 87.5 Å². The summed E-state index contributed by atoms with van der Waals surface area (Å²) in [5, 5.41) is 26.4. The summed E-state index contributed by atoms with van der Waals surface area (Å²) < 4.78 is 52.3. The molecule has 3 saturated heterocycles. The first-order chi connectivity index (χ1) is 31.8. The number of carbonyl (C=O) groups is 2. The molecule has 1 amide bonds. The van der Waals surface area contributed by atoms with Crippen LogP contribution in [-0.4, -0.2) is 118 Å². The van der Waals surface area contributed by atoms with Gasteiger partial charge in [-0.3, -0.25) is 0 Å². The van der Waals surface area contributed by atoms with Gasteiger partial charge in [0.15, 0.2) is 10.9 Å². The van der Waals surface area contributed by atoms with Crippen LogP contribution in [0.15, 0.2) is 53.4 Å². The molecule has 8 rings (SSSR count). The number of alkyl carbamates (subject to hydrolysis) is 1. The van der Waals surface area contributed by atoms with Crippen LogP contribution >= 0.6 is 22.7 Å². The number of ether oxygens (including phenoxy) is 4. The molecule has 15 nitrogen and oxygen atoms in total. The Kier molecular flexibility index (Phi) is 14.6. The van der Waals surface area contributed by atoms with Crippen LogP contribution < -0.4 is 19.9 Å². The number of rotatable bonds is 18. The number of nitrogens with one attached hydrogen (secondary N) is 1. The molecule has 364 valence electrons. The molecule has 67 heavy (non-hydrogen) atoms. The number of carboxylic acids is 1. The maximum Gasteiger partial charge on any atom is 0.407 e. The molecular formula is C49H65N5O10S3. The van der Waals surface area contributed by atoms with Gasteiger partial charge in [-0.15, -0.1) is 11.3 Å². The molecule has 0 bridgehead atoms. The minimum Gasteiger partial charge on any atom is -0.497 e. The summed E-state index contributed by atoms with van der Waals surface area (Å²) in [5.74, 6) is -1.42. The summed E-state index contributed by atoms with van der Waals surface area (Å²) in [7, 11) is -0.570. The highest BCUT2D eigenvalue weighted by Crippen LogP contribution is 2.49. The van der Waals surface area contributed by atoms with Crippen molar-refractivity contribution in [3.63, 3.8) is 0 Å². The molecule has 3 N–H and O–H groups in total. The molecule has 5 atom stereocenters. The molecule has 0 spiro atoms. The number of benzene rings is 2. The molecule has 0 radical (unpaired) electrons. The van der Waals surface area contributed by atoms with Gasteiger partial charge in [-0.05, 0) is 111 Å². The Labute approximate surface area is 402 Å². The smallest absolute Gasteiger partial charge is 0.407 e. The number of carboxylic acid groups (broad SMARTS) is 1. The average Bonchev–Trinajstić information content (AvgIpc) is 4.13. The zero-order valence-electron chi connectivity index (χ0n) is 39.6. The number of aliphatic hydroxyl groups is 1. The van der Waals surface area contributed by atoms with Crippen molar-refractivity contribution in [2.75, 3.05) is 63.4 Å². The predicted octanol–water partition coefficient (Wildman–Crippen LogP) is 7.83. The van der Waals surface area contributed by atoms with Gasteiger partial charge in [-0.25, -0.2) is 23.0 Å². The van der Waals surface area contributed by atoms with E-state index in [0.29, 0.717) is 30.9 Å². The summed E-state index contributed by atoms with van der Waals surface area (Å²) in [5.41, 5.74) is 3.92. The van der Waals surface area contributed by atoms with Crippen molar-refractivity contribution < 1.29 is 47.2 Å². The van der Waals surface area contributed by atoms with Crippen LogP contribution in [0.1, 0.15) is 92.4 Å². The van der Waals surface area contributed by atoms with Crippen molar-refractivity contribution in [1.82, 2.24) is 14.6 Å². The highest BCUT2D eigenvalue weighted by Gasteiger charge is 2.53. The number of carbonyl (C=O) groups excluding carboxylic acids is 1. The van der Waals surface area contributed by atoms with Crippen molar-refractivity contribution in [1.29, 1.82) is 0 Å². The third-order valence-electron chi connectivity index (χ3n) is 13.6. The Morgan fingerprint density at radius 2 is 1.73 bits per heavy atom. The van der Waals surface area contributed by atoms with Crippen LogP contribution in [0, 0.1) is 17.3 Å². The Hall–Kier alpha value is -4.30. The molecule has 3 fully saturated rings. The van der Waals surface area contributed by atoms with Gasteiger partial charge in [0, 0.05) is 43.8 Å². The Morgan fingerprint density at radius 1 is 1.01 bits per heavy atom. The number of hydrogen-bond acceptors (Lipinski definition) is 14. The summed E-state index contributed by atoms with van der Waals surface area (Å²) in [4.78, 5) is 39.2. The molecule has 0 saturated carbocycles. The maximum absolute atomic E-state index is 14.1. The van der Waals surface area contributed by atoms with E-state index in [1.165, 1.54) is 23.5 Å². The van der Waals surface area contributed by atoms with E-state index in [4.69, 9.17) is 23.9 Å². The molecule has 4 aromatic rings. The van der Waals surface area contributed by atoms with Crippen LogP contribution in [0.3, 0.4) is 0 Å². The van der Waals surface area contributed by atoms with E-state index in [-0.39, 0.29) is 48.3 Å². The largest absolute Gasteiger partial charge is 0.497 e. The first kappa shape index (κ1) is 49.1. The van der Waals surface area contributed by atoms with Crippen molar-refractivity contribution in [3.8, 4) is 15.5 Å². The van der Waals surface area contributed by atoms with E-state index < -0.39 is 46.1 Å². The van der Waals surface area contributed by atoms with Crippen LogP contribution in [-0.2, 0) is 50.0 Å². The normalized spacial score (nSPS) is 22.1. The number of methoxy groups -OCH3 is 1. The van der Waals surface area contributed by atoms with Crippen molar-refractivity contribution in [3.05, 3.63) is 75.8 Å². The summed E-state index contributed by atoms with van der Waals surface area (Å²) >= 11 is 3.20. The summed E-state index contributed by atoms with van der Waals surface area (Å²) in [6.45, 7) is 12.9. The molecule has 2 aromatic heterocycles. The third-order valence-corrected chi connectivity index (χ3v) is 18.1. The Bertz CT molecular complexity index is 2500. The third kappa shape index (κ3) is 10.8. The monoisotopic (exact) mass is 979 g/mol. The lowest BCUT2D eigenvalue weighted by molar-refractivity contribution is -0.181. The fourth-order valence-corrected chi connectivity index (χ4v) is 14.1. The number of aromatic carboxylic acids is 1. The number of hydrogen-bond donors (Lipinski definition) is 3. The van der Waals surface area contributed by atoms with Crippen molar-refractivity contribution in [2.24, 2.45) is 17.3 Å². The van der Waals surface area contributed by atoms with Gasteiger partial charge in [0.2, 0.25) is 10.0 Å². The summed E-state index contributed by atoms with van der Waals surface area (Å²) in [6.07, 6.45) is 3.02. The second-order valence-electron chi connectivity index (χ2n) is 19.8. The molecular weight excluding hydrogens is 915 g/mol. The van der Waals surface area contributed by atoms with Gasteiger partial charge in [-0.1, -0.05) is 51.2 Å². The number of aromatic nitrogens is 1. The van der Waals surface area contributed by atoms with Crippen LogP contribution in [0.4, 0.5) is 15.6 Å². The molecule has 2 aromatic carbocycles. The van der Waals surface area contributed by atoms with E-state index in [2.05, 4.69) is 29.0 Å². The zero-order valence-corrected chi connectivity index (χ0v) is 42.0. The van der Waals surface area contributed by atoms with Gasteiger partial charge in [0.25, 0.3) is 0 Å². The number of thiophene rings is 1. The highest BCUT2D eigenvalue weighted by molar-refractivity contribution is 7.89. The first-order valence-electron chi connectivity index (χ1n) is 23.3. The van der Waals surface area contributed by atoms with Gasteiger partial charge >= 0.3 is 12.1 Å². The number of amides is 1. The van der Waals surface area contributed by atoms with E-state index in [1.807, 2.05) is 52.1 Å². The molecule has 18 heteroatoms. The zero-order chi connectivity index (χ0) is 47.8. The number of sulfonamides is 1. The SMILES string of the molecule is COc1ccc(S(=O)(=O)N(CC(C)C)C[C@@H](O)[C@H](Cc2ccc(N(C)Cc3nc(N4CCCC4)sc3-c3sc4c(c3C(=O)O)CC(C)(C)CC4)cc2)NC(=O)O[C@H]2CO[C@@]3(C)OCC[C@@H]23)cc1. The van der Waals surface area contributed by atoms with Crippen molar-refractivity contribution >= 4 is 55.6 Å². The fraction of sp³-hybridized carbons (Fsp3) is 0.571. The molecule has 3 aliphatic heterocycles. The quantitative estimate of drug-likeness (QED) is 0.0879. The number of thiazole rings is 1. The minimum atomic E-state index is -4.06. The number of aryl methyl sites for hydroxylation is 1. The molecule has 5 heterocycles. The second-order valence-corrected chi connectivity index (χ2v) is 23.8. The fourth-order valence-electron chi connectivity index (χ4n) is 9.86. The second kappa shape index (κ2) is 20.0. The van der Waals surface area contributed by atoms with Gasteiger partial charge < -0.3 is 44.3 Å². The standard InChI is InChI=1S/C49H65N5O10S3/c1-30(2)26-54(67(59,60)34-16-14-33(61-7)15-17-34)28-39(55)37(51-47(58)64-40-29-63-49(5)36(40)19-23-62-49)24-31-10-12-32(13-11-31)52(6)27-38-43(66-46(50-38)53-21-8-9-22-53)44-42(45(56)57)35-25-48(3,4)20-18-41(35)65-44/h10-17,30,36-37,39-40,55H,8-9,18-29H2,1-7H3,(H,51,58)(H,56,57)/t36-,37-,39+,40-,49+/m0/s1. The Balaban J connectivity index is 1.03. The topological polar surface area (TPSA) is 180 Å². The van der Waals surface area contributed by atoms with E-state index >= 15 is 0 Å². The number of fused-ring (bicyclic) bond motifs is 2. The lowest BCUT2D eigenvalue weighted by Crippen LogP contribution is -2.51. The van der Waals surface area contributed by atoms with Crippen LogP contribution in [0.25, 0.3) is 9.75 Å². The van der Waals surface area contributed by atoms with E-state index in [1.54, 1.807) is 34.8 Å². The van der Waals surface area contributed by atoms with Gasteiger partial charge in [-0.2, -0.15) is 4.31 Å². The Morgan fingerprint density at radius 3 is 2.40 bits per heavy atom. The molecule has 0 unspecified atom stereocenters. The van der Waals surface area contributed by atoms with E-state index in [9.17, 15) is 28.2 Å².